The second-order valence-corrected chi connectivity index (χ2v) is 8.18. The molecule has 8 heteroatoms. The Morgan fingerprint density at radius 2 is 1.46 bits per heavy atom. The van der Waals surface area contributed by atoms with E-state index < -0.39 is 35.6 Å². The average molecular weight is 478 g/mol. The number of carbonyl (C=O) groups is 3. The normalized spacial score (nSPS) is 12.3. The molecule has 182 valence electrons. The zero-order valence-electron chi connectivity index (χ0n) is 19.4. The fraction of sp³-hybridized carbons (Fsp3) is 0.222. The second-order valence-electron chi connectivity index (χ2n) is 8.18. The summed E-state index contributed by atoms with van der Waals surface area (Å²) in [4.78, 5) is 36.7. The van der Waals surface area contributed by atoms with Crippen molar-refractivity contribution in [1.82, 2.24) is 10.6 Å². The molecule has 7 nitrogen and oxygen atoms in total. The molecule has 35 heavy (non-hydrogen) atoms. The van der Waals surface area contributed by atoms with E-state index in [0.29, 0.717) is 17.9 Å². The summed E-state index contributed by atoms with van der Waals surface area (Å²) in [5.74, 6) is -1.58. The maximum atomic E-state index is 13.6. The van der Waals surface area contributed by atoms with Crippen LogP contribution in [0.15, 0.2) is 78.9 Å². The third-order valence-electron chi connectivity index (χ3n) is 5.27. The highest BCUT2D eigenvalue weighted by Gasteiger charge is 2.25. The lowest BCUT2D eigenvalue weighted by atomic mass is 10.0. The maximum absolute atomic E-state index is 13.6. The van der Waals surface area contributed by atoms with Gasteiger partial charge in [0.2, 0.25) is 17.7 Å². The molecular weight excluding hydrogens is 449 g/mol. The quantitative estimate of drug-likeness (QED) is 0.394. The molecule has 2 atom stereocenters. The lowest BCUT2D eigenvalue weighted by Gasteiger charge is -2.22. The highest BCUT2D eigenvalue weighted by molar-refractivity contribution is 5.91. The number of carbonyl (C=O) groups excluding carboxylic acids is 3. The number of hydrogen-bond donors (Lipinski definition) is 3. The smallest absolute Gasteiger partial charge is 0.243 e. The van der Waals surface area contributed by atoms with Gasteiger partial charge in [0, 0.05) is 19.8 Å². The van der Waals surface area contributed by atoms with Crippen LogP contribution >= 0.6 is 0 Å². The summed E-state index contributed by atoms with van der Waals surface area (Å²) in [6.45, 7) is 1.66. The monoisotopic (exact) mass is 477 g/mol. The topological polar surface area (TPSA) is 111 Å². The first kappa shape index (κ1) is 25.4. The number of hydrogen-bond acceptors (Lipinski definition) is 4. The van der Waals surface area contributed by atoms with Crippen molar-refractivity contribution >= 4 is 17.7 Å². The predicted octanol–water partition coefficient (Wildman–Crippen LogP) is 2.66. The molecule has 3 rings (SSSR count). The Hall–Kier alpha value is -4.20. The molecule has 0 aromatic heterocycles. The standard InChI is InChI=1S/C27H28FN3O4/c1-18(32)30-25(16-20-9-5-11-22(28)13-20)27(34)31-24(26(29)33)15-21-10-6-12-23(14-21)35-17-19-7-3-2-4-8-19/h2-14,24-25H,15-17H2,1H3,(H2,29,33)(H,30,32)(H,31,34)/t24-,25+/m1/s1. The summed E-state index contributed by atoms with van der Waals surface area (Å²) in [6.07, 6.45) is 0.188. The average Bonchev–Trinajstić information content (AvgIpc) is 2.82. The van der Waals surface area contributed by atoms with E-state index in [9.17, 15) is 18.8 Å². The van der Waals surface area contributed by atoms with E-state index in [1.807, 2.05) is 30.3 Å². The van der Waals surface area contributed by atoms with E-state index in [-0.39, 0.29) is 12.8 Å². The van der Waals surface area contributed by atoms with Gasteiger partial charge in [-0.15, -0.1) is 0 Å². The summed E-state index contributed by atoms with van der Waals surface area (Å²) in [6, 6.07) is 20.6. The van der Waals surface area contributed by atoms with Gasteiger partial charge < -0.3 is 21.1 Å². The van der Waals surface area contributed by atoms with E-state index >= 15 is 0 Å². The number of ether oxygens (including phenoxy) is 1. The molecule has 0 saturated carbocycles. The molecule has 0 bridgehead atoms. The molecule has 0 aliphatic rings. The minimum absolute atomic E-state index is 0.0530. The Bertz CT molecular complexity index is 1170. The number of nitrogens with one attached hydrogen (secondary N) is 2. The van der Waals surface area contributed by atoms with Crippen molar-refractivity contribution in [1.29, 1.82) is 0 Å². The van der Waals surface area contributed by atoms with Crippen LogP contribution < -0.4 is 21.1 Å². The zero-order chi connectivity index (χ0) is 25.2. The lowest BCUT2D eigenvalue weighted by molar-refractivity contribution is -0.130. The van der Waals surface area contributed by atoms with Crippen molar-refractivity contribution in [2.45, 2.75) is 38.5 Å². The van der Waals surface area contributed by atoms with Gasteiger partial charge in [-0.1, -0.05) is 54.6 Å². The molecule has 0 radical (unpaired) electrons. The Balaban J connectivity index is 1.67. The van der Waals surface area contributed by atoms with E-state index in [4.69, 9.17) is 10.5 Å². The molecule has 3 aromatic carbocycles. The molecule has 0 heterocycles. The first-order chi connectivity index (χ1) is 16.8. The van der Waals surface area contributed by atoms with Crippen LogP contribution in [0.4, 0.5) is 4.39 Å². The van der Waals surface area contributed by atoms with E-state index in [1.54, 1.807) is 30.3 Å². The molecule has 4 N–H and O–H groups in total. The van der Waals surface area contributed by atoms with E-state index in [2.05, 4.69) is 10.6 Å². The third kappa shape index (κ3) is 8.26. The Labute approximate surface area is 203 Å². The lowest BCUT2D eigenvalue weighted by Crippen LogP contribution is -2.54. The summed E-state index contributed by atoms with van der Waals surface area (Å²) in [5.41, 5.74) is 7.84. The van der Waals surface area contributed by atoms with Crippen molar-refractivity contribution in [3.63, 3.8) is 0 Å². The van der Waals surface area contributed by atoms with Crippen molar-refractivity contribution < 1.29 is 23.5 Å². The molecular formula is C27H28FN3O4. The van der Waals surface area contributed by atoms with Crippen LogP contribution in [-0.2, 0) is 33.8 Å². The first-order valence-corrected chi connectivity index (χ1v) is 11.2. The van der Waals surface area contributed by atoms with Gasteiger partial charge in [0.1, 0.15) is 30.3 Å². The molecule has 0 unspecified atom stereocenters. The highest BCUT2D eigenvalue weighted by atomic mass is 19.1. The summed E-state index contributed by atoms with van der Waals surface area (Å²) in [7, 11) is 0. The van der Waals surface area contributed by atoms with E-state index in [0.717, 1.165) is 11.1 Å². The van der Waals surface area contributed by atoms with Crippen molar-refractivity contribution in [3.05, 3.63) is 101 Å². The number of rotatable bonds is 11. The van der Waals surface area contributed by atoms with E-state index in [1.165, 1.54) is 25.1 Å². The Kier molecular flexibility index (Phi) is 8.95. The van der Waals surface area contributed by atoms with Gasteiger partial charge in [0.15, 0.2) is 0 Å². The molecule has 3 aromatic rings. The molecule has 0 aliphatic heterocycles. The number of benzene rings is 3. The van der Waals surface area contributed by atoms with Gasteiger partial charge in [-0.3, -0.25) is 14.4 Å². The van der Waals surface area contributed by atoms with Gasteiger partial charge in [-0.25, -0.2) is 4.39 Å². The Morgan fingerprint density at radius 3 is 2.11 bits per heavy atom. The SMILES string of the molecule is CC(=O)N[C@@H](Cc1cccc(F)c1)C(=O)N[C@H](Cc1cccc(OCc2ccccc2)c1)C(N)=O. The minimum Gasteiger partial charge on any atom is -0.489 e. The van der Waals surface area contributed by atoms with Crippen LogP contribution in [0, 0.1) is 5.82 Å². The fourth-order valence-electron chi connectivity index (χ4n) is 3.59. The van der Waals surface area contributed by atoms with Crippen LogP contribution in [0.3, 0.4) is 0 Å². The number of nitrogens with two attached hydrogens (primary N) is 1. The fourth-order valence-corrected chi connectivity index (χ4v) is 3.59. The van der Waals surface area contributed by atoms with Gasteiger partial charge in [0.25, 0.3) is 0 Å². The van der Waals surface area contributed by atoms with Gasteiger partial charge in [0.05, 0.1) is 0 Å². The second kappa shape index (κ2) is 12.3. The number of amides is 3. The Morgan fingerprint density at radius 1 is 0.829 bits per heavy atom. The van der Waals surface area contributed by atoms with Crippen LogP contribution in [-0.4, -0.2) is 29.8 Å². The summed E-state index contributed by atoms with van der Waals surface area (Å²) in [5, 5.41) is 5.17. The van der Waals surface area contributed by atoms with Crippen LogP contribution in [0.5, 0.6) is 5.75 Å². The third-order valence-corrected chi connectivity index (χ3v) is 5.27. The van der Waals surface area contributed by atoms with Gasteiger partial charge in [-0.2, -0.15) is 0 Å². The molecule has 3 amide bonds. The maximum Gasteiger partial charge on any atom is 0.243 e. The van der Waals surface area contributed by atoms with Crippen molar-refractivity contribution in [2.75, 3.05) is 0 Å². The highest BCUT2D eigenvalue weighted by Crippen LogP contribution is 2.17. The van der Waals surface area contributed by atoms with Gasteiger partial charge >= 0.3 is 0 Å². The van der Waals surface area contributed by atoms with Crippen molar-refractivity contribution in [2.24, 2.45) is 5.73 Å². The van der Waals surface area contributed by atoms with Crippen LogP contribution in [0.25, 0.3) is 0 Å². The summed E-state index contributed by atoms with van der Waals surface area (Å²) < 4.78 is 19.4. The van der Waals surface area contributed by atoms with Crippen molar-refractivity contribution in [3.8, 4) is 5.75 Å². The largest absolute Gasteiger partial charge is 0.489 e. The number of primary amides is 1. The molecule has 0 fully saturated rings. The van der Waals surface area contributed by atoms with Crippen LogP contribution in [0.2, 0.25) is 0 Å². The molecule has 0 spiro atoms. The van der Waals surface area contributed by atoms with Crippen LogP contribution in [0.1, 0.15) is 23.6 Å². The predicted molar refractivity (Wildman–Crippen MR) is 130 cm³/mol. The number of halogens is 1. The minimum atomic E-state index is -1.02. The van der Waals surface area contributed by atoms with Gasteiger partial charge in [-0.05, 0) is 41.0 Å². The molecule has 0 saturated heterocycles. The molecule has 0 aliphatic carbocycles. The zero-order valence-corrected chi connectivity index (χ0v) is 19.4. The summed E-state index contributed by atoms with van der Waals surface area (Å²) >= 11 is 0. The first-order valence-electron chi connectivity index (χ1n) is 11.2.